The molecule has 0 unspecified atom stereocenters. The second-order valence-electron chi connectivity index (χ2n) is 22.8. The Morgan fingerprint density at radius 1 is 0.542 bits per heavy atom. The van der Waals surface area contributed by atoms with E-state index in [-0.39, 0.29) is 33.8 Å². The van der Waals surface area contributed by atoms with Crippen LogP contribution in [0.5, 0.6) is 0 Å². The van der Waals surface area contributed by atoms with Crippen LogP contribution in [0.25, 0.3) is 44.1 Å². The second-order valence-corrected chi connectivity index (χ2v) is 22.8. The Morgan fingerprint density at radius 2 is 1.12 bits per heavy atom. The quantitative estimate of drug-likeness (QED) is 0.155. The molecule has 1 aliphatic carbocycles. The van der Waals surface area contributed by atoms with Crippen molar-refractivity contribution in [3.63, 3.8) is 0 Å². The minimum Gasteiger partial charge on any atom is -0.318 e. The molecule has 0 bridgehead atoms. The molecular formula is C56H65BN2. The summed E-state index contributed by atoms with van der Waals surface area (Å²) >= 11 is 0. The zero-order valence-electron chi connectivity index (χ0n) is 38.6. The Balaban J connectivity index is 1.55. The monoisotopic (exact) mass is 777 g/mol. The van der Waals surface area contributed by atoms with Crippen LogP contribution in [0.1, 0.15) is 143 Å². The molecule has 6 aromatic rings. The van der Waals surface area contributed by atoms with Crippen molar-refractivity contribution in [3.05, 3.63) is 136 Å². The first-order valence-corrected chi connectivity index (χ1v) is 22.2. The molecule has 4 heterocycles. The van der Waals surface area contributed by atoms with Gasteiger partial charge in [-0.3, -0.25) is 0 Å². The highest BCUT2D eigenvalue weighted by Gasteiger charge is 2.42. The third-order valence-electron chi connectivity index (χ3n) is 14.1. The molecule has 59 heavy (non-hydrogen) atoms. The number of aromatic nitrogens is 2. The molecule has 2 aromatic heterocycles. The molecule has 2 aliphatic heterocycles. The van der Waals surface area contributed by atoms with Crippen LogP contribution < -0.4 is 16.4 Å². The van der Waals surface area contributed by atoms with Crippen molar-refractivity contribution < 1.29 is 0 Å². The molecule has 0 fully saturated rings. The Hall–Kier alpha value is -4.76. The third-order valence-corrected chi connectivity index (χ3v) is 14.1. The fraction of sp³-hybridized carbons (Fsp3) is 0.393. The van der Waals surface area contributed by atoms with Crippen LogP contribution in [-0.2, 0) is 27.1 Å². The van der Waals surface area contributed by atoms with Gasteiger partial charge in [0.05, 0.1) is 5.52 Å². The van der Waals surface area contributed by atoms with Crippen molar-refractivity contribution >= 4 is 55.8 Å². The third kappa shape index (κ3) is 6.19. The minimum absolute atomic E-state index is 0.00207. The molecule has 9 rings (SSSR count). The maximum absolute atomic E-state index is 2.67. The van der Waals surface area contributed by atoms with E-state index in [4.69, 9.17) is 0 Å². The van der Waals surface area contributed by atoms with Crippen molar-refractivity contribution in [2.75, 3.05) is 0 Å². The SMILES string of the molecule is Cc1cc(C(C)(C)C)cccn2c3c(cc(C(C)(C)C)cc13)B1c3c-2cc(C(C)(C)C2=CC=CCC2)cc3-n2c3ccc(C(C)(C)C)cc3c3cc(C(C)(C)C)cc1c32. The van der Waals surface area contributed by atoms with Gasteiger partial charge < -0.3 is 9.13 Å². The molecule has 0 amide bonds. The lowest BCUT2D eigenvalue weighted by molar-refractivity contribution is 0.589. The van der Waals surface area contributed by atoms with Crippen LogP contribution in [-0.4, -0.2) is 15.8 Å². The van der Waals surface area contributed by atoms with Crippen LogP contribution in [0.2, 0.25) is 0 Å². The minimum atomic E-state index is -0.165. The fourth-order valence-electron chi connectivity index (χ4n) is 10.2. The highest BCUT2D eigenvalue weighted by atomic mass is 15.0. The number of aryl methyl sites for hydroxylation is 1. The summed E-state index contributed by atoms with van der Waals surface area (Å²) < 4.78 is 5.25. The molecule has 0 N–H and O–H groups in total. The molecule has 0 atom stereocenters. The van der Waals surface area contributed by atoms with Gasteiger partial charge in [0.2, 0.25) is 0 Å². The largest absolute Gasteiger partial charge is 0.318 e. The summed E-state index contributed by atoms with van der Waals surface area (Å²) in [5, 5.41) is 4.05. The van der Waals surface area contributed by atoms with Gasteiger partial charge in [0.15, 0.2) is 0 Å². The number of nitrogens with zero attached hydrogens (tertiary/aromatic N) is 2. The van der Waals surface area contributed by atoms with E-state index in [1.54, 1.807) is 0 Å². The first kappa shape index (κ1) is 39.7. The Kier molecular flexibility index (Phi) is 8.66. The lowest BCUT2D eigenvalue weighted by Crippen LogP contribution is -2.60. The highest BCUT2D eigenvalue weighted by molar-refractivity contribution is 7.00. The van der Waals surface area contributed by atoms with Gasteiger partial charge in [-0.2, -0.15) is 0 Å². The van der Waals surface area contributed by atoms with Gasteiger partial charge >= 0.3 is 0 Å². The standard InChI is InChI=1S/C56H65BN2/c1-34-26-36(52(2,3)4)22-19-25-58-47-32-40(56(14,15)35-20-17-16-18-21-35)33-48-49(47)57(44-30-38(54(8,9)10)28-41(34)50(44)58)45-31-39(55(11,12)13)29-43-42-27-37(53(5,6)7)23-24-46(42)59(48)51(43)45/h16-17,19-20,22-33H,18,21H2,1-15H3. The second kappa shape index (κ2) is 12.9. The normalized spacial score (nSPS) is 15.2. The van der Waals surface area contributed by atoms with Crippen LogP contribution >= 0.6 is 0 Å². The molecule has 3 heteroatoms. The summed E-state index contributed by atoms with van der Waals surface area (Å²) in [6.07, 6.45) is 11.5. The predicted molar refractivity (Wildman–Crippen MR) is 259 cm³/mol. The molecule has 0 saturated heterocycles. The summed E-state index contributed by atoms with van der Waals surface area (Å²) in [4.78, 5) is 0. The van der Waals surface area contributed by atoms with Crippen LogP contribution in [0.3, 0.4) is 0 Å². The van der Waals surface area contributed by atoms with E-state index >= 15 is 0 Å². The van der Waals surface area contributed by atoms with Gasteiger partial charge in [-0.15, -0.1) is 0 Å². The Bertz CT molecular complexity index is 2890. The molecule has 0 spiro atoms. The number of benzene rings is 4. The summed E-state index contributed by atoms with van der Waals surface area (Å²) in [7, 11) is 0. The molecule has 3 aliphatic rings. The first-order valence-electron chi connectivity index (χ1n) is 22.2. The van der Waals surface area contributed by atoms with Crippen LogP contribution in [0.15, 0.2) is 103 Å². The number of fused-ring (bicyclic) bond motifs is 7. The summed E-state index contributed by atoms with van der Waals surface area (Å²) in [5.74, 6) is 0. The first-order chi connectivity index (χ1) is 27.5. The van der Waals surface area contributed by atoms with E-state index in [1.807, 2.05) is 0 Å². The van der Waals surface area contributed by atoms with Crippen LogP contribution in [0, 0.1) is 6.92 Å². The van der Waals surface area contributed by atoms with Gasteiger partial charge in [0.1, 0.15) is 0 Å². The maximum Gasteiger partial charge on any atom is 0.252 e. The molecule has 0 radical (unpaired) electrons. The lowest BCUT2D eigenvalue weighted by Gasteiger charge is -2.38. The van der Waals surface area contributed by atoms with E-state index in [9.17, 15) is 0 Å². The van der Waals surface area contributed by atoms with Crippen molar-refractivity contribution in [1.29, 1.82) is 0 Å². The van der Waals surface area contributed by atoms with Crippen LogP contribution in [0.4, 0.5) is 0 Å². The van der Waals surface area contributed by atoms with Crippen molar-refractivity contribution in [3.8, 4) is 11.4 Å². The average molecular weight is 777 g/mol. The molecular weight excluding hydrogens is 711 g/mol. The number of hydrogen-bond donors (Lipinski definition) is 0. The van der Waals surface area contributed by atoms with Crippen molar-refractivity contribution in [1.82, 2.24) is 9.13 Å². The number of rotatable bonds is 2. The molecule has 302 valence electrons. The van der Waals surface area contributed by atoms with Gasteiger partial charge in [-0.05, 0) is 134 Å². The van der Waals surface area contributed by atoms with Crippen molar-refractivity contribution in [2.45, 2.75) is 144 Å². The smallest absolute Gasteiger partial charge is 0.252 e. The van der Waals surface area contributed by atoms with Gasteiger partial charge in [-0.25, -0.2) is 0 Å². The highest BCUT2D eigenvalue weighted by Crippen LogP contribution is 2.44. The van der Waals surface area contributed by atoms with E-state index in [0.29, 0.717) is 0 Å². The number of allylic oxidation sites excluding steroid dienone is 4. The lowest BCUT2D eigenvalue weighted by atomic mass is 9.33. The zero-order chi connectivity index (χ0) is 42.4. The maximum atomic E-state index is 2.67. The number of hydrogen-bond acceptors (Lipinski definition) is 0. The van der Waals surface area contributed by atoms with Gasteiger partial charge in [-0.1, -0.05) is 151 Å². The topological polar surface area (TPSA) is 9.86 Å². The summed E-state index contributed by atoms with van der Waals surface area (Å²) in [5.41, 5.74) is 20.3. The zero-order valence-corrected chi connectivity index (χ0v) is 38.6. The van der Waals surface area contributed by atoms with E-state index in [2.05, 4.69) is 210 Å². The molecule has 4 aromatic carbocycles. The summed E-state index contributed by atoms with van der Waals surface area (Å²) in [6, 6.07) is 29.8. The Morgan fingerprint density at radius 3 is 1.73 bits per heavy atom. The van der Waals surface area contributed by atoms with E-state index in [1.165, 1.54) is 99.4 Å². The fourth-order valence-corrected chi connectivity index (χ4v) is 10.2. The Labute approximate surface area is 354 Å². The van der Waals surface area contributed by atoms with E-state index in [0.717, 1.165) is 12.8 Å². The van der Waals surface area contributed by atoms with E-state index < -0.39 is 0 Å². The average Bonchev–Trinajstić information content (AvgIpc) is 3.51. The summed E-state index contributed by atoms with van der Waals surface area (Å²) in [6.45, 7) is 35.6. The van der Waals surface area contributed by atoms with Gasteiger partial charge in [0, 0.05) is 50.2 Å². The van der Waals surface area contributed by atoms with Crippen molar-refractivity contribution in [2.24, 2.45) is 0 Å². The molecule has 2 nitrogen and oxygen atoms in total. The predicted octanol–water partition coefficient (Wildman–Crippen LogP) is 13.0. The molecule has 0 saturated carbocycles. The van der Waals surface area contributed by atoms with Gasteiger partial charge in [0.25, 0.3) is 6.71 Å².